The summed E-state index contributed by atoms with van der Waals surface area (Å²) >= 11 is 0. The Morgan fingerprint density at radius 3 is 2.47 bits per heavy atom. The molecule has 5 rings (SSSR count). The van der Waals surface area contributed by atoms with Crippen molar-refractivity contribution < 1.29 is 28.7 Å². The molecule has 2 aliphatic heterocycles. The summed E-state index contributed by atoms with van der Waals surface area (Å²) in [5, 5.41) is 0. The molecule has 2 heterocycles. The van der Waals surface area contributed by atoms with E-state index in [0.717, 1.165) is 19.3 Å². The number of aryl methyl sites for hydroxylation is 1. The van der Waals surface area contributed by atoms with Crippen molar-refractivity contribution in [3.8, 4) is 11.5 Å². The number of para-hydroxylation sites is 2. The van der Waals surface area contributed by atoms with E-state index in [1.54, 1.807) is 42.2 Å². The van der Waals surface area contributed by atoms with Gasteiger partial charge in [-0.2, -0.15) is 0 Å². The predicted molar refractivity (Wildman–Crippen MR) is 133 cm³/mol. The monoisotopic (exact) mass is 490 g/mol. The van der Waals surface area contributed by atoms with Crippen LogP contribution in [-0.4, -0.2) is 37.3 Å². The van der Waals surface area contributed by atoms with Gasteiger partial charge in [-0.25, -0.2) is 4.90 Å². The number of imide groups is 1. The Labute approximate surface area is 210 Å². The van der Waals surface area contributed by atoms with E-state index in [0.29, 0.717) is 34.4 Å². The summed E-state index contributed by atoms with van der Waals surface area (Å²) in [4.78, 5) is 54.5. The van der Waals surface area contributed by atoms with Gasteiger partial charge in [-0.3, -0.25) is 19.2 Å². The van der Waals surface area contributed by atoms with Crippen LogP contribution >= 0.6 is 0 Å². The molecule has 4 atom stereocenters. The van der Waals surface area contributed by atoms with E-state index in [2.05, 4.69) is 6.92 Å². The molecule has 8 nitrogen and oxygen atoms in total. The smallest absolute Gasteiger partial charge is 0.316 e. The van der Waals surface area contributed by atoms with Gasteiger partial charge < -0.3 is 14.4 Å². The number of carbonyl (C=O) groups excluding carboxylic acids is 4. The molecule has 3 aliphatic rings. The number of methoxy groups -OCH3 is 1. The number of benzene rings is 2. The van der Waals surface area contributed by atoms with Crippen LogP contribution in [0, 0.1) is 30.6 Å². The van der Waals surface area contributed by atoms with Gasteiger partial charge in [-0.1, -0.05) is 19.1 Å². The lowest BCUT2D eigenvalue weighted by Gasteiger charge is -2.25. The molecule has 188 valence electrons. The van der Waals surface area contributed by atoms with Crippen LogP contribution in [0.4, 0.5) is 11.4 Å². The average molecular weight is 491 g/mol. The van der Waals surface area contributed by atoms with Gasteiger partial charge in [0, 0.05) is 13.0 Å². The Balaban J connectivity index is 1.28. The first-order valence-electron chi connectivity index (χ1n) is 12.4. The maximum absolute atomic E-state index is 13.1. The third-order valence-corrected chi connectivity index (χ3v) is 7.65. The van der Waals surface area contributed by atoms with Crippen molar-refractivity contribution >= 4 is 35.1 Å². The molecule has 0 aromatic heterocycles. The van der Waals surface area contributed by atoms with Gasteiger partial charge >= 0.3 is 5.97 Å². The van der Waals surface area contributed by atoms with Crippen molar-refractivity contribution in [1.82, 2.24) is 0 Å². The van der Waals surface area contributed by atoms with Crippen molar-refractivity contribution in [2.45, 2.75) is 39.5 Å². The van der Waals surface area contributed by atoms with Crippen LogP contribution < -0.4 is 19.3 Å². The molecule has 1 aliphatic carbocycles. The molecular formula is C28H30N2O6. The summed E-state index contributed by atoms with van der Waals surface area (Å²) in [5.74, 6) is -0.727. The van der Waals surface area contributed by atoms with Gasteiger partial charge in [-0.05, 0) is 68.0 Å². The third-order valence-electron chi connectivity index (χ3n) is 7.65. The van der Waals surface area contributed by atoms with Crippen LogP contribution in [0.1, 0.15) is 38.2 Å². The molecule has 0 N–H and O–H groups in total. The lowest BCUT2D eigenvalue weighted by atomic mass is 9.76. The van der Waals surface area contributed by atoms with E-state index in [1.807, 2.05) is 12.1 Å². The number of esters is 1. The van der Waals surface area contributed by atoms with Gasteiger partial charge in [0.05, 0.1) is 36.2 Å². The SMILES string of the molecule is COc1ccccc1N1C[C@H](C(=O)Oc2ccc(N3C(=O)[C@H]4C[C@@H](C)CC[C@H]4C3=O)c(C)c2)CC1=O. The predicted octanol–water partition coefficient (Wildman–Crippen LogP) is 3.89. The minimum Gasteiger partial charge on any atom is -0.495 e. The normalized spacial score (nSPS) is 25.8. The number of ether oxygens (including phenoxy) is 2. The fourth-order valence-corrected chi connectivity index (χ4v) is 5.72. The summed E-state index contributed by atoms with van der Waals surface area (Å²) in [6.07, 6.45) is 2.49. The minimum absolute atomic E-state index is 0.0475. The molecule has 3 fully saturated rings. The fourth-order valence-electron chi connectivity index (χ4n) is 5.72. The first kappa shape index (κ1) is 24.0. The highest BCUT2D eigenvalue weighted by Gasteiger charge is 2.50. The molecule has 0 bridgehead atoms. The van der Waals surface area contributed by atoms with Crippen LogP contribution in [0.3, 0.4) is 0 Å². The van der Waals surface area contributed by atoms with E-state index >= 15 is 0 Å². The summed E-state index contributed by atoms with van der Waals surface area (Å²) < 4.78 is 11.0. The number of rotatable bonds is 5. The molecule has 36 heavy (non-hydrogen) atoms. The number of hydrogen-bond donors (Lipinski definition) is 0. The molecule has 2 aromatic carbocycles. The molecule has 2 aromatic rings. The maximum atomic E-state index is 13.1. The average Bonchev–Trinajstić information content (AvgIpc) is 3.36. The number of carbonyl (C=O) groups is 4. The van der Waals surface area contributed by atoms with Crippen molar-refractivity contribution in [2.24, 2.45) is 23.7 Å². The zero-order valence-electron chi connectivity index (χ0n) is 20.7. The quantitative estimate of drug-likeness (QED) is 0.359. The van der Waals surface area contributed by atoms with E-state index in [-0.39, 0.29) is 42.5 Å². The van der Waals surface area contributed by atoms with Crippen LogP contribution in [0.5, 0.6) is 11.5 Å². The van der Waals surface area contributed by atoms with Crippen LogP contribution in [0.25, 0.3) is 0 Å². The number of amides is 3. The third kappa shape index (κ3) is 4.14. The first-order valence-corrected chi connectivity index (χ1v) is 12.4. The van der Waals surface area contributed by atoms with Crippen molar-refractivity contribution in [1.29, 1.82) is 0 Å². The molecule has 2 saturated heterocycles. The topological polar surface area (TPSA) is 93.2 Å². The largest absolute Gasteiger partial charge is 0.495 e. The highest BCUT2D eigenvalue weighted by Crippen LogP contribution is 2.43. The van der Waals surface area contributed by atoms with Crippen molar-refractivity contribution in [2.75, 3.05) is 23.5 Å². The van der Waals surface area contributed by atoms with E-state index in [4.69, 9.17) is 9.47 Å². The van der Waals surface area contributed by atoms with Gasteiger partial charge in [0.25, 0.3) is 0 Å². The Morgan fingerprint density at radius 2 is 1.72 bits per heavy atom. The molecule has 3 amide bonds. The van der Waals surface area contributed by atoms with E-state index < -0.39 is 11.9 Å². The Bertz CT molecular complexity index is 1240. The Morgan fingerprint density at radius 1 is 0.972 bits per heavy atom. The summed E-state index contributed by atoms with van der Waals surface area (Å²) in [5.41, 5.74) is 1.83. The second kappa shape index (κ2) is 9.41. The van der Waals surface area contributed by atoms with Crippen LogP contribution in [-0.2, 0) is 19.2 Å². The lowest BCUT2D eigenvalue weighted by molar-refractivity contribution is -0.139. The molecular weight excluding hydrogens is 460 g/mol. The lowest BCUT2D eigenvalue weighted by Crippen LogP contribution is -2.31. The van der Waals surface area contributed by atoms with Crippen LogP contribution in [0.2, 0.25) is 0 Å². The molecule has 0 radical (unpaired) electrons. The highest BCUT2D eigenvalue weighted by molar-refractivity contribution is 6.22. The summed E-state index contributed by atoms with van der Waals surface area (Å²) in [7, 11) is 1.54. The molecule has 1 saturated carbocycles. The Hall–Kier alpha value is -3.68. The van der Waals surface area contributed by atoms with Gasteiger partial charge in [-0.15, -0.1) is 0 Å². The van der Waals surface area contributed by atoms with E-state index in [9.17, 15) is 19.2 Å². The zero-order chi connectivity index (χ0) is 25.6. The Kier molecular flexibility index (Phi) is 6.28. The zero-order valence-corrected chi connectivity index (χ0v) is 20.7. The second-order valence-corrected chi connectivity index (χ2v) is 10.1. The number of nitrogens with zero attached hydrogens (tertiary/aromatic N) is 2. The second-order valence-electron chi connectivity index (χ2n) is 10.1. The van der Waals surface area contributed by atoms with E-state index in [1.165, 1.54) is 12.0 Å². The first-order chi connectivity index (χ1) is 17.3. The standard InChI is InChI=1S/C28H30N2O6/c1-16-8-10-20-21(12-16)27(33)30(26(20)32)22-11-9-19(13-17(22)2)36-28(34)18-14-25(31)29(15-18)23-6-4-5-7-24(23)35-3/h4-7,9,11,13,16,18,20-21H,8,10,12,14-15H2,1-3H3/t16-,18+,20+,21-/m0/s1. The maximum Gasteiger partial charge on any atom is 0.316 e. The van der Waals surface area contributed by atoms with Gasteiger partial charge in [0.2, 0.25) is 17.7 Å². The highest BCUT2D eigenvalue weighted by atomic mass is 16.5. The number of hydrogen-bond acceptors (Lipinski definition) is 6. The summed E-state index contributed by atoms with van der Waals surface area (Å²) in [6.45, 7) is 4.12. The number of anilines is 2. The van der Waals surface area contributed by atoms with Crippen LogP contribution in [0.15, 0.2) is 42.5 Å². The number of fused-ring (bicyclic) bond motifs is 1. The molecule has 8 heteroatoms. The fraction of sp³-hybridized carbons (Fsp3) is 0.429. The van der Waals surface area contributed by atoms with Crippen molar-refractivity contribution in [3.63, 3.8) is 0 Å². The molecule has 0 unspecified atom stereocenters. The van der Waals surface area contributed by atoms with Crippen molar-refractivity contribution in [3.05, 3.63) is 48.0 Å². The van der Waals surface area contributed by atoms with Gasteiger partial charge in [0.1, 0.15) is 11.5 Å². The summed E-state index contributed by atoms with van der Waals surface area (Å²) in [6, 6.07) is 12.1. The van der Waals surface area contributed by atoms with Gasteiger partial charge in [0.15, 0.2) is 0 Å². The minimum atomic E-state index is -0.616. The molecule has 0 spiro atoms.